The summed E-state index contributed by atoms with van der Waals surface area (Å²) in [4.78, 5) is 24.3. The first-order chi connectivity index (χ1) is 17.6. The zero-order valence-electron chi connectivity index (χ0n) is 21.0. The van der Waals surface area contributed by atoms with Crippen molar-refractivity contribution in [2.75, 3.05) is 18.6 Å². The lowest BCUT2D eigenvalue weighted by molar-refractivity contribution is -0.697. The quantitative estimate of drug-likeness (QED) is 0.128. The lowest BCUT2D eigenvalue weighted by Gasteiger charge is -2.20. The molecule has 0 aliphatic carbocycles. The minimum absolute atomic E-state index is 0.0617. The maximum atomic E-state index is 12.2. The second kappa shape index (κ2) is 14.6. The van der Waals surface area contributed by atoms with E-state index < -0.39 is 11.8 Å². The van der Waals surface area contributed by atoms with Crippen LogP contribution in [0.15, 0.2) is 79.1 Å². The number of anilines is 1. The standard InChI is InChI=1S/C29H36N4O3/c1-2-3-18-33-19-15-24(16-20-33)26(23-11-5-4-6-12-23)22-25-13-7-8-14-27(25)31-32-29(36)28(35)30-17-9-10-21-34/h4-8,11-16,19-20,26,34H,2-3,9-10,17-18,21-22H2,1H3,(H2-,30,31,32,35,36)/p+1. The Kier molecular flexibility index (Phi) is 10.9. The highest BCUT2D eigenvalue weighted by atomic mass is 16.3. The van der Waals surface area contributed by atoms with Crippen molar-refractivity contribution in [2.45, 2.75) is 51.5 Å². The number of pyridine rings is 1. The molecule has 0 aliphatic rings. The largest absolute Gasteiger partial charge is 0.396 e. The van der Waals surface area contributed by atoms with E-state index in [4.69, 9.17) is 5.11 Å². The van der Waals surface area contributed by atoms with Gasteiger partial charge in [0.25, 0.3) is 0 Å². The fourth-order valence-electron chi connectivity index (χ4n) is 4.04. The first-order valence-electron chi connectivity index (χ1n) is 12.7. The number of nitrogens with one attached hydrogen (secondary N) is 3. The summed E-state index contributed by atoms with van der Waals surface area (Å²) < 4.78 is 2.22. The molecule has 1 heterocycles. The summed E-state index contributed by atoms with van der Waals surface area (Å²) in [5.74, 6) is -1.34. The number of rotatable bonds is 13. The number of hydrogen-bond donors (Lipinski definition) is 4. The fraction of sp³-hybridized carbons (Fsp3) is 0.345. The van der Waals surface area contributed by atoms with E-state index in [-0.39, 0.29) is 12.5 Å². The summed E-state index contributed by atoms with van der Waals surface area (Å²) in [6.07, 6.45) is 8.51. The average molecular weight is 490 g/mol. The summed E-state index contributed by atoms with van der Waals surface area (Å²) in [6.45, 7) is 3.61. The summed E-state index contributed by atoms with van der Waals surface area (Å²) >= 11 is 0. The van der Waals surface area contributed by atoms with Crippen LogP contribution in [-0.4, -0.2) is 30.1 Å². The molecule has 1 atom stereocenters. The van der Waals surface area contributed by atoms with Crippen molar-refractivity contribution in [3.05, 3.63) is 95.8 Å². The smallest absolute Gasteiger partial charge is 0.327 e. The molecule has 3 aromatic rings. The Morgan fingerprint density at radius 3 is 2.28 bits per heavy atom. The highest BCUT2D eigenvalue weighted by Crippen LogP contribution is 2.30. The number of aromatic nitrogens is 1. The topological polar surface area (TPSA) is 94.3 Å². The zero-order valence-corrected chi connectivity index (χ0v) is 21.0. The van der Waals surface area contributed by atoms with E-state index in [0.717, 1.165) is 37.1 Å². The molecule has 1 unspecified atom stereocenters. The summed E-state index contributed by atoms with van der Waals surface area (Å²) in [5, 5.41) is 11.4. The number of hydrogen-bond acceptors (Lipinski definition) is 4. The van der Waals surface area contributed by atoms with Crippen molar-refractivity contribution in [1.82, 2.24) is 10.7 Å². The number of hydrazine groups is 1. The number of carbonyl (C=O) groups is 2. The molecular weight excluding hydrogens is 452 g/mol. The molecule has 0 fully saturated rings. The van der Waals surface area contributed by atoms with Crippen molar-refractivity contribution in [3.8, 4) is 0 Å². The minimum Gasteiger partial charge on any atom is -0.396 e. The van der Waals surface area contributed by atoms with E-state index in [9.17, 15) is 9.59 Å². The van der Waals surface area contributed by atoms with Gasteiger partial charge < -0.3 is 10.4 Å². The number of aliphatic hydroxyl groups excluding tert-OH is 1. The van der Waals surface area contributed by atoms with Gasteiger partial charge in [0.05, 0.1) is 5.69 Å². The molecule has 7 heteroatoms. The van der Waals surface area contributed by atoms with Crippen LogP contribution in [0, 0.1) is 0 Å². The molecule has 0 radical (unpaired) electrons. The van der Waals surface area contributed by atoms with E-state index in [1.807, 2.05) is 30.3 Å². The lowest BCUT2D eigenvalue weighted by Crippen LogP contribution is -2.42. The van der Waals surface area contributed by atoms with Gasteiger partial charge >= 0.3 is 11.8 Å². The number of aliphatic hydroxyl groups is 1. The van der Waals surface area contributed by atoms with E-state index >= 15 is 0 Å². The molecule has 2 amide bonds. The molecule has 2 aromatic carbocycles. The third-order valence-corrected chi connectivity index (χ3v) is 6.12. The Balaban J connectivity index is 1.73. The van der Waals surface area contributed by atoms with Gasteiger partial charge in [0, 0.05) is 37.6 Å². The van der Waals surface area contributed by atoms with Crippen molar-refractivity contribution < 1.29 is 19.3 Å². The Labute approximate surface area is 213 Å². The average Bonchev–Trinajstić information content (AvgIpc) is 2.92. The third kappa shape index (κ3) is 8.20. The molecule has 0 saturated heterocycles. The minimum atomic E-state index is -0.756. The molecule has 190 valence electrons. The molecule has 0 spiro atoms. The third-order valence-electron chi connectivity index (χ3n) is 6.12. The van der Waals surface area contributed by atoms with Gasteiger partial charge in [0.2, 0.25) is 0 Å². The van der Waals surface area contributed by atoms with Crippen molar-refractivity contribution in [1.29, 1.82) is 0 Å². The van der Waals surface area contributed by atoms with E-state index in [1.54, 1.807) is 0 Å². The summed E-state index contributed by atoms with van der Waals surface area (Å²) in [6, 6.07) is 22.6. The molecular formula is C29H37N4O3+. The monoisotopic (exact) mass is 489 g/mol. The number of carbonyl (C=O) groups excluding carboxylic acids is 2. The van der Waals surface area contributed by atoms with Gasteiger partial charge in [0.1, 0.15) is 6.54 Å². The van der Waals surface area contributed by atoms with Crippen molar-refractivity contribution in [3.63, 3.8) is 0 Å². The van der Waals surface area contributed by atoms with E-state index in [1.165, 1.54) is 11.1 Å². The second-order valence-electron chi connectivity index (χ2n) is 8.81. The van der Waals surface area contributed by atoms with Gasteiger partial charge in [-0.2, -0.15) is 0 Å². The van der Waals surface area contributed by atoms with E-state index in [2.05, 4.69) is 76.5 Å². The highest BCUT2D eigenvalue weighted by Gasteiger charge is 2.19. The first kappa shape index (κ1) is 26.9. The Bertz CT molecular complexity index is 1090. The van der Waals surface area contributed by atoms with E-state index in [0.29, 0.717) is 19.4 Å². The van der Waals surface area contributed by atoms with Crippen LogP contribution in [0.4, 0.5) is 5.69 Å². The number of nitrogens with zero attached hydrogens (tertiary/aromatic N) is 1. The predicted octanol–water partition coefficient (Wildman–Crippen LogP) is 3.48. The summed E-state index contributed by atoms with van der Waals surface area (Å²) in [5.41, 5.74) is 9.64. The van der Waals surface area contributed by atoms with Gasteiger partial charge in [-0.1, -0.05) is 61.9 Å². The van der Waals surface area contributed by atoms with Gasteiger partial charge in [-0.3, -0.25) is 20.4 Å². The molecule has 0 bridgehead atoms. The SMILES string of the molecule is CCCC[n+]1ccc(C(Cc2ccccc2NNC(=O)C(=O)NCCCCO)c2ccccc2)cc1. The molecule has 7 nitrogen and oxygen atoms in total. The molecule has 0 saturated carbocycles. The Hall–Kier alpha value is -3.71. The first-order valence-corrected chi connectivity index (χ1v) is 12.7. The van der Waals surface area contributed by atoms with Crippen LogP contribution >= 0.6 is 0 Å². The fourth-order valence-corrected chi connectivity index (χ4v) is 4.04. The van der Waals surface area contributed by atoms with Crippen LogP contribution in [0.3, 0.4) is 0 Å². The lowest BCUT2D eigenvalue weighted by atomic mass is 9.86. The second-order valence-corrected chi connectivity index (χ2v) is 8.81. The van der Waals surface area contributed by atoms with Crippen molar-refractivity contribution in [2.24, 2.45) is 0 Å². The van der Waals surface area contributed by atoms with Gasteiger partial charge in [-0.15, -0.1) is 0 Å². The van der Waals surface area contributed by atoms with Crippen LogP contribution in [-0.2, 0) is 22.6 Å². The van der Waals surface area contributed by atoms with Gasteiger partial charge in [-0.05, 0) is 42.0 Å². The zero-order chi connectivity index (χ0) is 25.6. The van der Waals surface area contributed by atoms with Crippen LogP contribution in [0.2, 0.25) is 0 Å². The number of aryl methyl sites for hydroxylation is 1. The number of amides is 2. The Morgan fingerprint density at radius 1 is 0.861 bits per heavy atom. The van der Waals surface area contributed by atoms with Crippen molar-refractivity contribution >= 4 is 17.5 Å². The van der Waals surface area contributed by atoms with Gasteiger partial charge in [0.15, 0.2) is 12.4 Å². The molecule has 3 rings (SSSR count). The number of unbranched alkanes of at least 4 members (excludes halogenated alkanes) is 2. The molecule has 0 aliphatic heterocycles. The Morgan fingerprint density at radius 2 is 1.56 bits per heavy atom. The molecule has 1 aromatic heterocycles. The normalized spacial score (nSPS) is 11.5. The maximum Gasteiger partial charge on any atom is 0.327 e. The van der Waals surface area contributed by atoms with Crippen LogP contribution in [0.1, 0.15) is 55.2 Å². The molecule has 4 N–H and O–H groups in total. The number of benzene rings is 2. The molecule has 36 heavy (non-hydrogen) atoms. The van der Waals surface area contributed by atoms with Crippen LogP contribution in [0.5, 0.6) is 0 Å². The van der Waals surface area contributed by atoms with Crippen LogP contribution in [0.25, 0.3) is 0 Å². The van der Waals surface area contributed by atoms with Crippen LogP contribution < -0.4 is 20.7 Å². The summed E-state index contributed by atoms with van der Waals surface area (Å²) in [7, 11) is 0. The predicted molar refractivity (Wildman–Crippen MR) is 141 cm³/mol. The van der Waals surface area contributed by atoms with Gasteiger partial charge in [-0.25, -0.2) is 4.57 Å². The highest BCUT2D eigenvalue weighted by molar-refractivity contribution is 6.35. The number of para-hydroxylation sites is 1. The maximum absolute atomic E-state index is 12.2.